The molecule has 0 saturated carbocycles. The van der Waals surface area contributed by atoms with Crippen LogP contribution in [0.3, 0.4) is 0 Å². The number of Topliss-reactive ketones (excluding diaryl/α,β-unsaturated/α-hetero) is 1. The topological polar surface area (TPSA) is 64.6 Å². The van der Waals surface area contributed by atoms with Crippen molar-refractivity contribution in [2.24, 2.45) is 0 Å². The number of hydrogen-bond acceptors (Lipinski definition) is 4. The van der Waals surface area contributed by atoms with Crippen molar-refractivity contribution in [3.8, 4) is 0 Å². The second-order valence-electron chi connectivity index (χ2n) is 8.53. The maximum Gasteiger partial charge on any atom is 0.495 e. The normalized spacial score (nSPS) is 19.3. The molecule has 1 N–H and O–H groups in total. The molecule has 4 rings (SSSR count). The number of carbonyl (C=O) groups is 2. The molecule has 7 heteroatoms. The fourth-order valence-electron chi connectivity index (χ4n) is 3.71. The molecule has 0 spiro atoms. The molecule has 0 unspecified atom stereocenters. The van der Waals surface area contributed by atoms with Crippen molar-refractivity contribution < 1.29 is 23.3 Å². The Balaban J connectivity index is 1.67. The monoisotopic (exact) mass is 395 g/mol. The molecule has 150 valence electrons. The van der Waals surface area contributed by atoms with Crippen molar-refractivity contribution in [1.82, 2.24) is 0 Å². The van der Waals surface area contributed by atoms with Crippen LogP contribution in [0.1, 0.15) is 60.4 Å². The number of ketones is 1. The van der Waals surface area contributed by atoms with E-state index in [0.717, 1.165) is 11.0 Å². The molecule has 1 heterocycles. The summed E-state index contributed by atoms with van der Waals surface area (Å²) in [6.45, 7) is 7.93. The minimum absolute atomic E-state index is 0.0206. The Bertz CT molecular complexity index is 985. The molecule has 0 aromatic heterocycles. The van der Waals surface area contributed by atoms with E-state index in [1.807, 2.05) is 33.8 Å². The van der Waals surface area contributed by atoms with Crippen LogP contribution >= 0.6 is 0 Å². The Morgan fingerprint density at radius 2 is 1.62 bits per heavy atom. The van der Waals surface area contributed by atoms with Crippen LogP contribution in [0, 0.1) is 5.82 Å². The van der Waals surface area contributed by atoms with Gasteiger partial charge in [0, 0.05) is 17.5 Å². The Morgan fingerprint density at radius 1 is 1.00 bits per heavy atom. The van der Waals surface area contributed by atoms with Crippen LogP contribution in [-0.2, 0) is 15.7 Å². The van der Waals surface area contributed by atoms with Crippen LogP contribution in [-0.4, -0.2) is 30.0 Å². The van der Waals surface area contributed by atoms with E-state index < -0.39 is 30.0 Å². The van der Waals surface area contributed by atoms with Gasteiger partial charge in [-0.25, -0.2) is 4.39 Å². The molecule has 1 saturated heterocycles. The van der Waals surface area contributed by atoms with Crippen LogP contribution in [0.5, 0.6) is 0 Å². The third kappa shape index (κ3) is 3.38. The molecule has 1 amide bonds. The maximum absolute atomic E-state index is 13.1. The molecule has 1 fully saturated rings. The zero-order valence-electron chi connectivity index (χ0n) is 17.0. The number of halogens is 1. The number of benzene rings is 2. The molecule has 29 heavy (non-hydrogen) atoms. The average Bonchev–Trinajstić information content (AvgIpc) is 3.13. The van der Waals surface area contributed by atoms with Crippen molar-refractivity contribution in [2.75, 3.05) is 5.32 Å². The lowest BCUT2D eigenvalue weighted by atomic mass is 9.74. The van der Waals surface area contributed by atoms with E-state index in [2.05, 4.69) is 5.32 Å². The molecule has 5 nitrogen and oxygen atoms in total. The fourth-order valence-corrected chi connectivity index (χ4v) is 3.71. The summed E-state index contributed by atoms with van der Waals surface area (Å²) >= 11 is 0. The third-order valence-corrected chi connectivity index (χ3v) is 6.09. The predicted octanol–water partition coefficient (Wildman–Crippen LogP) is 3.51. The predicted molar refractivity (Wildman–Crippen MR) is 109 cm³/mol. The highest BCUT2D eigenvalue weighted by atomic mass is 19.1. The smallest absolute Gasteiger partial charge is 0.399 e. The molecule has 0 bridgehead atoms. The Kier molecular flexibility index (Phi) is 4.63. The summed E-state index contributed by atoms with van der Waals surface area (Å²) in [6.07, 6.45) is 0.957. The lowest BCUT2D eigenvalue weighted by Gasteiger charge is -2.32. The van der Waals surface area contributed by atoms with Gasteiger partial charge in [0.25, 0.3) is 5.91 Å². The zero-order valence-corrected chi connectivity index (χ0v) is 17.0. The van der Waals surface area contributed by atoms with E-state index in [0.29, 0.717) is 29.7 Å². The van der Waals surface area contributed by atoms with Crippen molar-refractivity contribution in [2.45, 2.75) is 51.7 Å². The van der Waals surface area contributed by atoms with Gasteiger partial charge in [-0.05, 0) is 75.5 Å². The van der Waals surface area contributed by atoms with Crippen molar-refractivity contribution >= 4 is 30.0 Å². The minimum atomic E-state index is -0.568. The first-order valence-electron chi connectivity index (χ1n) is 9.70. The molecular weight excluding hydrogens is 372 g/mol. The number of fused-ring (bicyclic) bond motifs is 1. The van der Waals surface area contributed by atoms with E-state index in [1.54, 1.807) is 6.07 Å². The van der Waals surface area contributed by atoms with Gasteiger partial charge in [-0.3, -0.25) is 9.59 Å². The highest BCUT2D eigenvalue weighted by Crippen LogP contribution is 2.38. The summed E-state index contributed by atoms with van der Waals surface area (Å²) in [7, 11) is -0.568. The fraction of sp³-hybridized carbons (Fsp3) is 0.364. The first kappa shape index (κ1) is 19.8. The van der Waals surface area contributed by atoms with E-state index in [-0.39, 0.29) is 5.78 Å². The first-order chi connectivity index (χ1) is 13.6. The number of carbonyl (C=O) groups excluding carboxylic acids is 2. The molecule has 0 radical (unpaired) electrons. The highest BCUT2D eigenvalue weighted by Gasteiger charge is 2.52. The van der Waals surface area contributed by atoms with Crippen molar-refractivity contribution in [1.29, 1.82) is 0 Å². The van der Waals surface area contributed by atoms with Crippen molar-refractivity contribution in [3.05, 3.63) is 58.9 Å². The molecular formula is C22H23BFNO4. The summed E-state index contributed by atoms with van der Waals surface area (Å²) < 4.78 is 25.4. The first-order valence-corrected chi connectivity index (χ1v) is 9.70. The number of nitrogens with one attached hydrogen (secondary N) is 1. The lowest BCUT2D eigenvalue weighted by molar-refractivity contribution is 0.00578. The van der Waals surface area contributed by atoms with Gasteiger partial charge < -0.3 is 14.6 Å². The van der Waals surface area contributed by atoms with Gasteiger partial charge in [-0.2, -0.15) is 0 Å². The largest absolute Gasteiger partial charge is 0.495 e. The van der Waals surface area contributed by atoms with E-state index >= 15 is 0 Å². The second-order valence-corrected chi connectivity index (χ2v) is 8.53. The maximum atomic E-state index is 13.1. The molecule has 2 aromatic carbocycles. The molecule has 2 aliphatic rings. The standard InChI is InChI=1S/C22H23BFNO4/c1-21(2)22(3,4)29-23(28-21)16-10-11-17(19-15(16)9-12-18(19)26)25-20(27)13-5-7-14(24)8-6-13/h5-8,10-11H,9,12H2,1-4H3,(H,25,27). The molecule has 2 aromatic rings. The SMILES string of the molecule is CC1(C)OB(c2ccc(NC(=O)c3ccc(F)cc3)c3c2CCC3=O)OC1(C)C. The summed E-state index contributed by atoms with van der Waals surface area (Å²) in [5.74, 6) is -0.826. The highest BCUT2D eigenvalue weighted by molar-refractivity contribution is 6.63. The van der Waals surface area contributed by atoms with Crippen LogP contribution in [0.2, 0.25) is 0 Å². The van der Waals surface area contributed by atoms with Gasteiger partial charge in [0.1, 0.15) is 5.82 Å². The van der Waals surface area contributed by atoms with E-state index in [4.69, 9.17) is 9.31 Å². The van der Waals surface area contributed by atoms with Gasteiger partial charge in [-0.15, -0.1) is 0 Å². The minimum Gasteiger partial charge on any atom is -0.399 e. The number of amides is 1. The van der Waals surface area contributed by atoms with E-state index in [1.165, 1.54) is 24.3 Å². The summed E-state index contributed by atoms with van der Waals surface area (Å²) in [5, 5.41) is 2.79. The van der Waals surface area contributed by atoms with Gasteiger partial charge in [-0.1, -0.05) is 6.07 Å². The van der Waals surface area contributed by atoms with Crippen LogP contribution < -0.4 is 10.8 Å². The van der Waals surface area contributed by atoms with Gasteiger partial charge >= 0.3 is 7.12 Å². The second kappa shape index (κ2) is 6.78. The number of rotatable bonds is 3. The van der Waals surface area contributed by atoms with Crippen LogP contribution in [0.25, 0.3) is 0 Å². The molecule has 0 atom stereocenters. The number of anilines is 1. The van der Waals surface area contributed by atoms with Crippen LogP contribution in [0.15, 0.2) is 36.4 Å². The Labute approximate surface area is 169 Å². The molecule has 1 aliphatic carbocycles. The average molecular weight is 395 g/mol. The van der Waals surface area contributed by atoms with Gasteiger partial charge in [0.2, 0.25) is 0 Å². The Morgan fingerprint density at radius 3 is 2.24 bits per heavy atom. The number of hydrogen-bond donors (Lipinski definition) is 1. The Hall–Kier alpha value is -2.51. The lowest BCUT2D eigenvalue weighted by Crippen LogP contribution is -2.41. The molecule has 1 aliphatic heterocycles. The summed E-state index contributed by atoms with van der Waals surface area (Å²) in [4.78, 5) is 25.1. The van der Waals surface area contributed by atoms with E-state index in [9.17, 15) is 14.0 Å². The zero-order chi connectivity index (χ0) is 21.0. The quantitative estimate of drug-likeness (QED) is 0.808. The summed E-state index contributed by atoms with van der Waals surface area (Å²) in [5.41, 5.74) is 1.99. The third-order valence-electron chi connectivity index (χ3n) is 6.09. The van der Waals surface area contributed by atoms with Gasteiger partial charge in [0.15, 0.2) is 5.78 Å². The van der Waals surface area contributed by atoms with Crippen LogP contribution in [0.4, 0.5) is 10.1 Å². The van der Waals surface area contributed by atoms with Gasteiger partial charge in [0.05, 0.1) is 16.9 Å². The summed E-state index contributed by atoms with van der Waals surface area (Å²) in [6, 6.07) is 8.83. The van der Waals surface area contributed by atoms with Crippen molar-refractivity contribution in [3.63, 3.8) is 0 Å².